The Kier molecular flexibility index (Phi) is 5.67. The van der Waals surface area contributed by atoms with E-state index in [4.69, 9.17) is 0 Å². The third-order valence-corrected chi connectivity index (χ3v) is 3.32. The first-order valence-electron chi connectivity index (χ1n) is 6.78. The van der Waals surface area contributed by atoms with Gasteiger partial charge >= 0.3 is 0 Å². The Morgan fingerprint density at radius 2 is 2.16 bits per heavy atom. The van der Waals surface area contributed by atoms with Gasteiger partial charge in [0.1, 0.15) is 0 Å². The minimum absolute atomic E-state index is 0. The van der Waals surface area contributed by atoms with E-state index in [1.54, 1.807) is 0 Å². The molecule has 1 aliphatic rings. The van der Waals surface area contributed by atoms with Crippen molar-refractivity contribution < 1.29 is 4.79 Å². The molecule has 106 valence electrons. The van der Waals surface area contributed by atoms with Crippen LogP contribution in [0.5, 0.6) is 0 Å². The Labute approximate surface area is 121 Å². The van der Waals surface area contributed by atoms with E-state index in [2.05, 4.69) is 19.2 Å². The summed E-state index contributed by atoms with van der Waals surface area (Å²) in [6.07, 6.45) is 1.02. The second kappa shape index (κ2) is 6.80. The van der Waals surface area contributed by atoms with E-state index in [-0.39, 0.29) is 18.3 Å². The SMILES string of the molecule is CCN(CC(C)C)C(=O)c1ccc2c(c1)CCN2.Cl. The molecular weight excluding hydrogens is 260 g/mol. The van der Waals surface area contributed by atoms with Gasteiger partial charge in [-0.2, -0.15) is 0 Å². The van der Waals surface area contributed by atoms with Crippen molar-refractivity contribution in [2.45, 2.75) is 27.2 Å². The standard InChI is InChI=1S/C15H22N2O.ClH/c1-4-17(10-11(2)3)15(18)13-5-6-14-12(9-13)7-8-16-14;/h5-6,9,11,16H,4,7-8,10H2,1-3H3;1H. The van der Waals surface area contributed by atoms with Crippen molar-refractivity contribution in [1.82, 2.24) is 4.90 Å². The van der Waals surface area contributed by atoms with E-state index in [0.717, 1.165) is 31.6 Å². The quantitative estimate of drug-likeness (QED) is 0.920. The van der Waals surface area contributed by atoms with E-state index >= 15 is 0 Å². The minimum atomic E-state index is 0. The second-order valence-corrected chi connectivity index (χ2v) is 5.29. The highest BCUT2D eigenvalue weighted by molar-refractivity contribution is 5.95. The van der Waals surface area contributed by atoms with Crippen LogP contribution in [0.1, 0.15) is 36.7 Å². The van der Waals surface area contributed by atoms with Gasteiger partial charge < -0.3 is 10.2 Å². The van der Waals surface area contributed by atoms with Crippen LogP contribution in [0.15, 0.2) is 18.2 Å². The summed E-state index contributed by atoms with van der Waals surface area (Å²) in [6, 6.07) is 6.00. The summed E-state index contributed by atoms with van der Waals surface area (Å²) >= 11 is 0. The van der Waals surface area contributed by atoms with Crippen molar-refractivity contribution in [1.29, 1.82) is 0 Å². The number of hydrogen-bond acceptors (Lipinski definition) is 2. The average molecular weight is 283 g/mol. The van der Waals surface area contributed by atoms with Crippen LogP contribution in [0, 0.1) is 5.92 Å². The molecule has 1 amide bonds. The fourth-order valence-corrected chi connectivity index (χ4v) is 2.42. The Morgan fingerprint density at radius 1 is 1.42 bits per heavy atom. The number of rotatable bonds is 4. The smallest absolute Gasteiger partial charge is 0.253 e. The zero-order chi connectivity index (χ0) is 13.1. The number of amides is 1. The van der Waals surface area contributed by atoms with Crippen LogP contribution >= 0.6 is 12.4 Å². The zero-order valence-electron chi connectivity index (χ0n) is 11.9. The van der Waals surface area contributed by atoms with Crippen molar-refractivity contribution in [3.05, 3.63) is 29.3 Å². The first kappa shape index (κ1) is 15.8. The maximum Gasteiger partial charge on any atom is 0.253 e. The van der Waals surface area contributed by atoms with Gasteiger partial charge in [-0.25, -0.2) is 0 Å². The molecule has 0 bridgehead atoms. The highest BCUT2D eigenvalue weighted by Gasteiger charge is 2.18. The van der Waals surface area contributed by atoms with Crippen LogP contribution in [-0.4, -0.2) is 30.4 Å². The van der Waals surface area contributed by atoms with Gasteiger partial charge in [0.05, 0.1) is 0 Å². The molecule has 0 spiro atoms. The Bertz CT molecular complexity index is 446. The van der Waals surface area contributed by atoms with E-state index in [9.17, 15) is 4.79 Å². The molecular formula is C15H23ClN2O. The van der Waals surface area contributed by atoms with Crippen molar-refractivity contribution in [2.75, 3.05) is 25.0 Å². The third kappa shape index (κ3) is 3.63. The first-order valence-corrected chi connectivity index (χ1v) is 6.78. The number of nitrogens with one attached hydrogen (secondary N) is 1. The van der Waals surface area contributed by atoms with Crippen LogP contribution in [0.2, 0.25) is 0 Å². The van der Waals surface area contributed by atoms with E-state index in [1.165, 1.54) is 11.3 Å². The number of halogens is 1. The van der Waals surface area contributed by atoms with Gasteiger partial charge in [-0.3, -0.25) is 4.79 Å². The summed E-state index contributed by atoms with van der Waals surface area (Å²) in [4.78, 5) is 14.3. The lowest BCUT2D eigenvalue weighted by Gasteiger charge is -2.23. The molecule has 1 aromatic rings. The lowest BCUT2D eigenvalue weighted by Crippen LogP contribution is -2.34. The van der Waals surface area contributed by atoms with Crippen LogP contribution < -0.4 is 5.32 Å². The number of benzene rings is 1. The predicted octanol–water partition coefficient (Wildman–Crippen LogP) is 3.19. The monoisotopic (exact) mass is 282 g/mol. The van der Waals surface area contributed by atoms with Gasteiger partial charge in [-0.05, 0) is 43.0 Å². The molecule has 0 atom stereocenters. The molecule has 0 unspecified atom stereocenters. The van der Waals surface area contributed by atoms with Gasteiger partial charge in [0, 0.05) is 30.9 Å². The number of nitrogens with zero attached hydrogens (tertiary/aromatic N) is 1. The second-order valence-electron chi connectivity index (χ2n) is 5.29. The summed E-state index contributed by atoms with van der Waals surface area (Å²) in [5.74, 6) is 0.658. The molecule has 3 nitrogen and oxygen atoms in total. The Morgan fingerprint density at radius 3 is 2.79 bits per heavy atom. The summed E-state index contributed by atoms with van der Waals surface area (Å²) in [5.41, 5.74) is 3.26. The van der Waals surface area contributed by atoms with Gasteiger partial charge in [0.25, 0.3) is 5.91 Å². The molecule has 2 rings (SSSR count). The molecule has 0 aromatic heterocycles. The fourth-order valence-electron chi connectivity index (χ4n) is 2.42. The molecule has 0 saturated heterocycles. The summed E-state index contributed by atoms with van der Waals surface area (Å²) in [6.45, 7) is 8.90. The third-order valence-electron chi connectivity index (χ3n) is 3.32. The average Bonchev–Trinajstić information content (AvgIpc) is 2.81. The molecule has 4 heteroatoms. The number of anilines is 1. The van der Waals surface area contributed by atoms with Crippen LogP contribution in [0.3, 0.4) is 0 Å². The van der Waals surface area contributed by atoms with Crippen molar-refractivity contribution in [3.8, 4) is 0 Å². The van der Waals surface area contributed by atoms with Gasteiger partial charge in [-0.15, -0.1) is 12.4 Å². The minimum Gasteiger partial charge on any atom is -0.384 e. The fraction of sp³-hybridized carbons (Fsp3) is 0.533. The van der Waals surface area contributed by atoms with Gasteiger partial charge in [0.15, 0.2) is 0 Å². The molecule has 0 aliphatic carbocycles. The molecule has 0 radical (unpaired) electrons. The normalized spacial score (nSPS) is 12.6. The Balaban J connectivity index is 0.00000180. The van der Waals surface area contributed by atoms with Crippen LogP contribution in [-0.2, 0) is 6.42 Å². The molecule has 0 saturated carbocycles. The maximum absolute atomic E-state index is 12.4. The Hall–Kier alpha value is -1.22. The zero-order valence-corrected chi connectivity index (χ0v) is 12.7. The molecule has 19 heavy (non-hydrogen) atoms. The highest BCUT2D eigenvalue weighted by atomic mass is 35.5. The van der Waals surface area contributed by atoms with Crippen molar-refractivity contribution >= 4 is 24.0 Å². The van der Waals surface area contributed by atoms with Gasteiger partial charge in [0.2, 0.25) is 0 Å². The topological polar surface area (TPSA) is 32.3 Å². The largest absolute Gasteiger partial charge is 0.384 e. The predicted molar refractivity (Wildman–Crippen MR) is 82.3 cm³/mol. The van der Waals surface area contributed by atoms with Crippen LogP contribution in [0.4, 0.5) is 5.69 Å². The summed E-state index contributed by atoms with van der Waals surface area (Å²) in [7, 11) is 0. The van der Waals surface area contributed by atoms with E-state index in [1.807, 2.05) is 30.0 Å². The molecule has 1 aliphatic heterocycles. The van der Waals surface area contributed by atoms with E-state index < -0.39 is 0 Å². The number of carbonyl (C=O) groups is 1. The molecule has 0 fully saturated rings. The molecule has 1 heterocycles. The van der Waals surface area contributed by atoms with E-state index in [0.29, 0.717) is 5.92 Å². The lowest BCUT2D eigenvalue weighted by atomic mass is 10.1. The number of hydrogen-bond donors (Lipinski definition) is 1. The maximum atomic E-state index is 12.4. The number of carbonyl (C=O) groups excluding carboxylic acids is 1. The van der Waals surface area contributed by atoms with Crippen LogP contribution in [0.25, 0.3) is 0 Å². The highest BCUT2D eigenvalue weighted by Crippen LogP contribution is 2.23. The van der Waals surface area contributed by atoms with Crippen molar-refractivity contribution in [3.63, 3.8) is 0 Å². The molecule has 1 aromatic carbocycles. The molecule has 1 N–H and O–H groups in total. The first-order chi connectivity index (χ1) is 8.61. The van der Waals surface area contributed by atoms with Crippen molar-refractivity contribution in [2.24, 2.45) is 5.92 Å². The lowest BCUT2D eigenvalue weighted by molar-refractivity contribution is 0.0745. The van der Waals surface area contributed by atoms with Gasteiger partial charge in [-0.1, -0.05) is 13.8 Å². The number of fused-ring (bicyclic) bond motifs is 1. The summed E-state index contributed by atoms with van der Waals surface area (Å²) < 4.78 is 0. The summed E-state index contributed by atoms with van der Waals surface area (Å²) in [5, 5.41) is 3.32.